The molecular formula is C18H21N3O4. The molecule has 0 radical (unpaired) electrons. The second kappa shape index (κ2) is 7.38. The summed E-state index contributed by atoms with van der Waals surface area (Å²) in [5.74, 6) is 0.148. The molecule has 2 aromatic rings. The van der Waals surface area contributed by atoms with Crippen molar-refractivity contribution in [3.8, 4) is 0 Å². The van der Waals surface area contributed by atoms with Crippen LogP contribution in [0.4, 0.5) is 4.79 Å². The first kappa shape index (κ1) is 17.0. The summed E-state index contributed by atoms with van der Waals surface area (Å²) in [7, 11) is 0. The number of aliphatic carboxylic acids is 1. The van der Waals surface area contributed by atoms with E-state index in [0.717, 1.165) is 24.2 Å². The molecule has 3 rings (SSSR count). The minimum atomic E-state index is -1.11. The van der Waals surface area contributed by atoms with Gasteiger partial charge in [0.25, 0.3) is 0 Å². The molecule has 1 aromatic carbocycles. The Hall–Kier alpha value is -2.83. The largest absolute Gasteiger partial charge is 0.480 e. The number of nitrogens with zero attached hydrogens (tertiary/aromatic N) is 2. The number of carboxylic acid groups (broad SMARTS) is 1. The predicted octanol–water partition coefficient (Wildman–Crippen LogP) is 2.70. The first-order valence-electron chi connectivity index (χ1n) is 8.29. The maximum Gasteiger partial charge on any atom is 0.408 e. The van der Waals surface area contributed by atoms with Gasteiger partial charge in [-0.05, 0) is 25.3 Å². The summed E-state index contributed by atoms with van der Waals surface area (Å²) in [4.78, 5) is 28.0. The van der Waals surface area contributed by atoms with Gasteiger partial charge < -0.3 is 19.7 Å². The smallest absolute Gasteiger partial charge is 0.408 e. The maximum atomic E-state index is 12.0. The minimum Gasteiger partial charge on any atom is -0.480 e. The van der Waals surface area contributed by atoms with Gasteiger partial charge in [0.05, 0.1) is 6.04 Å². The van der Waals surface area contributed by atoms with Crippen molar-refractivity contribution in [3.05, 3.63) is 54.1 Å². The number of carboxylic acids is 1. The van der Waals surface area contributed by atoms with Crippen LogP contribution in [-0.4, -0.2) is 32.8 Å². The number of aromatic nitrogens is 2. The normalized spacial score (nSPS) is 16.0. The Kier molecular flexibility index (Phi) is 5.02. The van der Waals surface area contributed by atoms with Crippen LogP contribution in [0.1, 0.15) is 43.1 Å². The van der Waals surface area contributed by atoms with Crippen molar-refractivity contribution in [2.45, 2.75) is 44.4 Å². The number of hydrogen-bond donors (Lipinski definition) is 2. The zero-order valence-corrected chi connectivity index (χ0v) is 14.0. The molecule has 1 aliphatic rings. The highest BCUT2D eigenvalue weighted by atomic mass is 16.5. The number of carbonyl (C=O) groups is 2. The zero-order valence-electron chi connectivity index (χ0n) is 14.0. The molecule has 25 heavy (non-hydrogen) atoms. The molecule has 1 saturated carbocycles. The molecule has 7 nitrogen and oxygen atoms in total. The fraction of sp³-hybridized carbons (Fsp3) is 0.389. The Morgan fingerprint density at radius 2 is 2.08 bits per heavy atom. The van der Waals surface area contributed by atoms with Crippen LogP contribution in [0.5, 0.6) is 0 Å². The molecule has 1 amide bonds. The van der Waals surface area contributed by atoms with E-state index >= 15 is 0 Å². The molecule has 1 aliphatic carbocycles. The van der Waals surface area contributed by atoms with E-state index in [2.05, 4.69) is 10.3 Å². The number of imidazole rings is 1. The summed E-state index contributed by atoms with van der Waals surface area (Å²) < 4.78 is 6.96. The molecule has 0 bridgehead atoms. The van der Waals surface area contributed by atoms with Crippen molar-refractivity contribution in [1.29, 1.82) is 0 Å². The van der Waals surface area contributed by atoms with Crippen molar-refractivity contribution in [1.82, 2.24) is 14.9 Å². The lowest BCUT2D eigenvalue weighted by Gasteiger charge is -2.24. The van der Waals surface area contributed by atoms with Crippen LogP contribution in [-0.2, 0) is 16.1 Å². The lowest BCUT2D eigenvalue weighted by atomic mass is 10.1. The Morgan fingerprint density at radius 3 is 2.72 bits per heavy atom. The molecule has 0 saturated heterocycles. The van der Waals surface area contributed by atoms with Gasteiger partial charge in [0.15, 0.2) is 0 Å². The van der Waals surface area contributed by atoms with E-state index < -0.39 is 24.1 Å². The third-order valence-electron chi connectivity index (χ3n) is 4.31. The Labute approximate surface area is 145 Å². The van der Waals surface area contributed by atoms with Gasteiger partial charge in [-0.25, -0.2) is 14.6 Å². The summed E-state index contributed by atoms with van der Waals surface area (Å²) >= 11 is 0. The predicted molar refractivity (Wildman–Crippen MR) is 90.1 cm³/mol. The summed E-state index contributed by atoms with van der Waals surface area (Å²) in [6.45, 7) is 1.84. The van der Waals surface area contributed by atoms with Crippen molar-refractivity contribution < 1.29 is 19.4 Å². The van der Waals surface area contributed by atoms with E-state index in [-0.39, 0.29) is 6.61 Å². The van der Waals surface area contributed by atoms with Crippen molar-refractivity contribution in [3.63, 3.8) is 0 Å². The van der Waals surface area contributed by atoms with E-state index in [1.54, 1.807) is 19.3 Å². The third-order valence-corrected chi connectivity index (χ3v) is 4.31. The number of nitrogens with one attached hydrogen (secondary N) is 1. The summed E-state index contributed by atoms with van der Waals surface area (Å²) in [5, 5.41) is 12.0. The van der Waals surface area contributed by atoms with Gasteiger partial charge in [-0.3, -0.25) is 0 Å². The van der Waals surface area contributed by atoms with Crippen molar-refractivity contribution in [2.75, 3.05) is 0 Å². The SMILES string of the molecule is CC(C(NC(=O)OCc1ccccc1)C(=O)O)n1ccnc1C1CC1. The Morgan fingerprint density at radius 1 is 1.36 bits per heavy atom. The highest BCUT2D eigenvalue weighted by molar-refractivity contribution is 5.80. The number of hydrogen-bond acceptors (Lipinski definition) is 4. The van der Waals surface area contributed by atoms with E-state index in [0.29, 0.717) is 5.92 Å². The molecule has 132 valence electrons. The molecular weight excluding hydrogens is 322 g/mol. The van der Waals surface area contributed by atoms with E-state index in [1.165, 1.54) is 0 Å². The number of benzene rings is 1. The number of carbonyl (C=O) groups excluding carboxylic acids is 1. The highest BCUT2D eigenvalue weighted by Crippen LogP contribution is 2.40. The van der Waals surface area contributed by atoms with Gasteiger partial charge in [-0.2, -0.15) is 0 Å². The molecule has 2 atom stereocenters. The molecule has 0 aliphatic heterocycles. The van der Waals surface area contributed by atoms with Gasteiger partial charge in [0, 0.05) is 18.3 Å². The molecule has 2 N–H and O–H groups in total. The van der Waals surface area contributed by atoms with Crippen LogP contribution in [0.15, 0.2) is 42.7 Å². The van der Waals surface area contributed by atoms with E-state index in [4.69, 9.17) is 4.74 Å². The van der Waals surface area contributed by atoms with Gasteiger partial charge in [-0.1, -0.05) is 30.3 Å². The average Bonchev–Trinajstić information content (AvgIpc) is 3.34. The summed E-state index contributed by atoms with van der Waals surface area (Å²) in [6, 6.07) is 7.65. The monoisotopic (exact) mass is 343 g/mol. The van der Waals surface area contributed by atoms with Gasteiger partial charge >= 0.3 is 12.1 Å². The maximum absolute atomic E-state index is 12.0. The minimum absolute atomic E-state index is 0.0891. The first-order chi connectivity index (χ1) is 12.1. The Balaban J connectivity index is 1.63. The summed E-state index contributed by atoms with van der Waals surface area (Å²) in [6.07, 6.45) is 4.79. The quantitative estimate of drug-likeness (QED) is 0.806. The topological polar surface area (TPSA) is 93.5 Å². The van der Waals surface area contributed by atoms with Crippen LogP contribution in [0, 0.1) is 0 Å². The number of amides is 1. The van der Waals surface area contributed by atoms with Crippen LogP contribution in [0.3, 0.4) is 0 Å². The molecule has 1 aromatic heterocycles. The van der Waals surface area contributed by atoms with Crippen LogP contribution in [0.25, 0.3) is 0 Å². The van der Waals surface area contributed by atoms with E-state index in [1.807, 2.05) is 34.9 Å². The van der Waals surface area contributed by atoms with Gasteiger partial charge in [-0.15, -0.1) is 0 Å². The average molecular weight is 343 g/mol. The first-order valence-corrected chi connectivity index (χ1v) is 8.29. The highest BCUT2D eigenvalue weighted by Gasteiger charge is 2.34. The standard InChI is InChI=1S/C18H21N3O4/c1-12(21-10-9-19-16(21)14-7-8-14)15(17(22)23)20-18(24)25-11-13-5-3-2-4-6-13/h2-6,9-10,12,14-15H,7-8,11H2,1H3,(H,20,24)(H,22,23). The second-order valence-electron chi connectivity index (χ2n) is 6.23. The van der Waals surface area contributed by atoms with Crippen LogP contribution in [0.2, 0.25) is 0 Å². The third kappa shape index (κ3) is 4.17. The molecule has 1 heterocycles. The van der Waals surface area contributed by atoms with Gasteiger partial charge in [0.2, 0.25) is 0 Å². The van der Waals surface area contributed by atoms with Crippen molar-refractivity contribution in [2.24, 2.45) is 0 Å². The molecule has 0 spiro atoms. The number of ether oxygens (including phenoxy) is 1. The molecule has 1 fully saturated rings. The second-order valence-corrected chi connectivity index (χ2v) is 6.23. The van der Waals surface area contributed by atoms with Crippen molar-refractivity contribution >= 4 is 12.1 Å². The van der Waals surface area contributed by atoms with Gasteiger partial charge in [0.1, 0.15) is 18.5 Å². The zero-order chi connectivity index (χ0) is 17.8. The molecule has 2 unspecified atom stereocenters. The van der Waals surface area contributed by atoms with E-state index in [9.17, 15) is 14.7 Å². The fourth-order valence-corrected chi connectivity index (χ4v) is 2.77. The fourth-order valence-electron chi connectivity index (χ4n) is 2.77. The number of rotatable bonds is 7. The lowest BCUT2D eigenvalue weighted by Crippen LogP contribution is -2.46. The summed E-state index contributed by atoms with van der Waals surface area (Å²) in [5.41, 5.74) is 0.836. The van der Waals surface area contributed by atoms with Crippen LogP contribution >= 0.6 is 0 Å². The number of alkyl carbamates (subject to hydrolysis) is 1. The van der Waals surface area contributed by atoms with Crippen LogP contribution < -0.4 is 5.32 Å². The molecule has 7 heteroatoms. The Bertz CT molecular complexity index is 740. The lowest BCUT2D eigenvalue weighted by molar-refractivity contribution is -0.140.